The average Bonchev–Trinajstić information content (AvgIpc) is 2.82. The van der Waals surface area contributed by atoms with Crippen LogP contribution in [0.25, 0.3) is 0 Å². The summed E-state index contributed by atoms with van der Waals surface area (Å²) in [5.74, 6) is -0.206. The maximum atomic E-state index is 11.7. The van der Waals surface area contributed by atoms with Crippen LogP contribution in [-0.2, 0) is 6.42 Å². The predicted octanol–water partition coefficient (Wildman–Crippen LogP) is 1.81. The highest BCUT2D eigenvalue weighted by Gasteiger charge is 2.07. The summed E-state index contributed by atoms with van der Waals surface area (Å²) in [6.07, 6.45) is 3.89. The normalized spacial score (nSPS) is 10.2. The van der Waals surface area contributed by atoms with Crippen molar-refractivity contribution in [3.8, 4) is 0 Å². The molecule has 0 bridgehead atoms. The number of aromatic amines is 1. The fourth-order valence-electron chi connectivity index (χ4n) is 1.57. The number of benzene rings is 1. The molecule has 1 heterocycles. The number of rotatable bonds is 3. The molecule has 2 aromatic rings. The fourth-order valence-corrected chi connectivity index (χ4v) is 1.57. The zero-order valence-corrected chi connectivity index (χ0v) is 9.53. The van der Waals surface area contributed by atoms with Gasteiger partial charge in [0.1, 0.15) is 0 Å². The van der Waals surface area contributed by atoms with Crippen LogP contribution in [0.15, 0.2) is 30.6 Å². The lowest BCUT2D eigenvalue weighted by Gasteiger charge is -2.07. The van der Waals surface area contributed by atoms with Gasteiger partial charge in [-0.1, -0.05) is 13.0 Å². The molecular formula is C12H14N4O. The Kier molecular flexibility index (Phi) is 3.09. The van der Waals surface area contributed by atoms with Crippen molar-refractivity contribution in [3.05, 3.63) is 41.7 Å². The molecule has 17 heavy (non-hydrogen) atoms. The van der Waals surface area contributed by atoms with Gasteiger partial charge >= 0.3 is 0 Å². The van der Waals surface area contributed by atoms with Crippen LogP contribution >= 0.6 is 0 Å². The molecule has 0 fully saturated rings. The molecule has 4 N–H and O–H groups in total. The number of nitrogen functional groups attached to an aromatic ring is 1. The Bertz CT molecular complexity index is 519. The van der Waals surface area contributed by atoms with Gasteiger partial charge in [0, 0.05) is 17.6 Å². The van der Waals surface area contributed by atoms with Crippen LogP contribution in [0.2, 0.25) is 0 Å². The zero-order chi connectivity index (χ0) is 12.3. The van der Waals surface area contributed by atoms with E-state index in [2.05, 4.69) is 15.5 Å². The van der Waals surface area contributed by atoms with E-state index >= 15 is 0 Å². The van der Waals surface area contributed by atoms with Gasteiger partial charge in [-0.15, -0.1) is 0 Å². The van der Waals surface area contributed by atoms with Gasteiger partial charge in [0.15, 0.2) is 0 Å². The van der Waals surface area contributed by atoms with Gasteiger partial charge < -0.3 is 11.1 Å². The van der Waals surface area contributed by atoms with Gasteiger partial charge in [0.25, 0.3) is 5.91 Å². The average molecular weight is 230 g/mol. The van der Waals surface area contributed by atoms with Crippen LogP contribution in [0.3, 0.4) is 0 Å². The summed E-state index contributed by atoms with van der Waals surface area (Å²) in [6.45, 7) is 2.04. The maximum absolute atomic E-state index is 11.7. The zero-order valence-electron chi connectivity index (χ0n) is 9.53. The van der Waals surface area contributed by atoms with E-state index in [1.807, 2.05) is 19.1 Å². The maximum Gasteiger partial charge on any atom is 0.258 e. The third-order valence-electron chi connectivity index (χ3n) is 2.55. The fraction of sp³-hybridized carbons (Fsp3) is 0.167. The number of carbonyl (C=O) groups excluding carboxylic acids is 1. The highest BCUT2D eigenvalue weighted by atomic mass is 16.1. The van der Waals surface area contributed by atoms with E-state index in [0.717, 1.165) is 12.0 Å². The van der Waals surface area contributed by atoms with Crippen molar-refractivity contribution in [1.29, 1.82) is 0 Å². The van der Waals surface area contributed by atoms with E-state index in [4.69, 9.17) is 5.73 Å². The largest absolute Gasteiger partial charge is 0.398 e. The number of aryl methyl sites for hydroxylation is 1. The van der Waals surface area contributed by atoms with E-state index in [9.17, 15) is 4.79 Å². The number of hydrogen-bond donors (Lipinski definition) is 3. The van der Waals surface area contributed by atoms with E-state index in [0.29, 0.717) is 16.9 Å². The first-order chi connectivity index (χ1) is 8.20. The van der Waals surface area contributed by atoms with Crippen molar-refractivity contribution >= 4 is 17.3 Å². The Morgan fingerprint density at radius 1 is 1.53 bits per heavy atom. The molecule has 1 aromatic heterocycles. The smallest absolute Gasteiger partial charge is 0.258 e. The first-order valence-corrected chi connectivity index (χ1v) is 5.39. The molecule has 0 radical (unpaired) electrons. The lowest BCUT2D eigenvalue weighted by molar-refractivity contribution is 0.102. The summed E-state index contributed by atoms with van der Waals surface area (Å²) in [6, 6.07) is 5.52. The first-order valence-electron chi connectivity index (χ1n) is 5.39. The van der Waals surface area contributed by atoms with Crippen molar-refractivity contribution in [2.24, 2.45) is 0 Å². The molecular weight excluding hydrogens is 216 g/mol. The predicted molar refractivity (Wildman–Crippen MR) is 66.8 cm³/mol. The van der Waals surface area contributed by atoms with E-state index in [1.165, 1.54) is 6.20 Å². The van der Waals surface area contributed by atoms with Crippen LogP contribution in [0.4, 0.5) is 11.4 Å². The van der Waals surface area contributed by atoms with E-state index in [1.54, 1.807) is 12.3 Å². The van der Waals surface area contributed by atoms with Gasteiger partial charge in [-0.25, -0.2) is 0 Å². The van der Waals surface area contributed by atoms with Gasteiger partial charge in [-0.2, -0.15) is 5.10 Å². The minimum absolute atomic E-state index is 0.206. The molecule has 2 rings (SSSR count). The molecule has 1 aromatic carbocycles. The second kappa shape index (κ2) is 4.69. The standard InChI is InChI=1S/C12H14N4O/c1-2-8-3-4-10(5-11(8)13)16-12(17)9-6-14-15-7-9/h3-7H,2,13H2,1H3,(H,14,15)(H,16,17). The second-order valence-corrected chi connectivity index (χ2v) is 3.71. The van der Waals surface area contributed by atoms with Crippen LogP contribution < -0.4 is 11.1 Å². The second-order valence-electron chi connectivity index (χ2n) is 3.71. The van der Waals surface area contributed by atoms with Crippen LogP contribution in [0, 0.1) is 0 Å². The van der Waals surface area contributed by atoms with Crippen molar-refractivity contribution in [1.82, 2.24) is 10.2 Å². The van der Waals surface area contributed by atoms with Crippen LogP contribution in [-0.4, -0.2) is 16.1 Å². The third-order valence-corrected chi connectivity index (χ3v) is 2.55. The molecule has 5 nitrogen and oxygen atoms in total. The molecule has 0 saturated carbocycles. The number of aromatic nitrogens is 2. The lowest BCUT2D eigenvalue weighted by Crippen LogP contribution is -2.11. The summed E-state index contributed by atoms with van der Waals surface area (Å²) < 4.78 is 0. The van der Waals surface area contributed by atoms with Gasteiger partial charge in [-0.05, 0) is 24.1 Å². The van der Waals surface area contributed by atoms with Crippen molar-refractivity contribution in [2.45, 2.75) is 13.3 Å². The monoisotopic (exact) mass is 230 g/mol. The minimum Gasteiger partial charge on any atom is -0.398 e. The Balaban J connectivity index is 2.14. The summed E-state index contributed by atoms with van der Waals surface area (Å²) >= 11 is 0. The molecule has 0 saturated heterocycles. The molecule has 1 amide bonds. The highest BCUT2D eigenvalue weighted by Crippen LogP contribution is 2.18. The van der Waals surface area contributed by atoms with E-state index < -0.39 is 0 Å². The molecule has 0 aliphatic rings. The van der Waals surface area contributed by atoms with Crippen molar-refractivity contribution in [3.63, 3.8) is 0 Å². The summed E-state index contributed by atoms with van der Waals surface area (Å²) in [5, 5.41) is 9.07. The Labute approximate surface area is 99.0 Å². The number of H-pyrrole nitrogens is 1. The van der Waals surface area contributed by atoms with Gasteiger partial charge in [-0.3, -0.25) is 9.89 Å². The first kappa shape index (κ1) is 11.2. The van der Waals surface area contributed by atoms with Gasteiger partial charge in [0.05, 0.1) is 11.8 Å². The highest BCUT2D eigenvalue weighted by molar-refractivity contribution is 6.04. The number of nitrogens with one attached hydrogen (secondary N) is 2. The van der Waals surface area contributed by atoms with Crippen LogP contribution in [0.5, 0.6) is 0 Å². The minimum atomic E-state index is -0.206. The number of carbonyl (C=O) groups is 1. The Morgan fingerprint density at radius 2 is 2.35 bits per heavy atom. The third kappa shape index (κ3) is 2.44. The molecule has 0 atom stereocenters. The summed E-state index contributed by atoms with van der Waals surface area (Å²) in [5.41, 5.74) is 8.80. The van der Waals surface area contributed by atoms with Crippen molar-refractivity contribution in [2.75, 3.05) is 11.1 Å². The number of nitrogens with zero attached hydrogens (tertiary/aromatic N) is 1. The Hall–Kier alpha value is -2.30. The molecule has 0 aliphatic heterocycles. The lowest BCUT2D eigenvalue weighted by atomic mass is 10.1. The number of anilines is 2. The van der Waals surface area contributed by atoms with E-state index in [-0.39, 0.29) is 5.91 Å². The topological polar surface area (TPSA) is 83.8 Å². The summed E-state index contributed by atoms with van der Waals surface area (Å²) in [7, 11) is 0. The SMILES string of the molecule is CCc1ccc(NC(=O)c2cn[nH]c2)cc1N. The number of amides is 1. The quantitative estimate of drug-likeness (QED) is 0.703. The Morgan fingerprint density at radius 3 is 2.94 bits per heavy atom. The summed E-state index contributed by atoms with van der Waals surface area (Å²) in [4.78, 5) is 11.7. The molecule has 5 heteroatoms. The molecule has 0 unspecified atom stereocenters. The van der Waals surface area contributed by atoms with Crippen molar-refractivity contribution < 1.29 is 4.79 Å². The van der Waals surface area contributed by atoms with Gasteiger partial charge in [0.2, 0.25) is 0 Å². The molecule has 0 aliphatic carbocycles. The number of nitrogens with two attached hydrogens (primary N) is 1. The van der Waals surface area contributed by atoms with Crippen LogP contribution in [0.1, 0.15) is 22.8 Å². The molecule has 0 spiro atoms. The number of hydrogen-bond acceptors (Lipinski definition) is 3. The molecule has 88 valence electrons.